The van der Waals surface area contributed by atoms with Gasteiger partial charge >= 0.3 is 0 Å². The third-order valence-electron chi connectivity index (χ3n) is 2.73. The molecule has 0 aliphatic heterocycles. The first-order valence-electron chi connectivity index (χ1n) is 6.60. The van der Waals surface area contributed by atoms with Gasteiger partial charge in [0.15, 0.2) is 0 Å². The van der Waals surface area contributed by atoms with E-state index in [0.29, 0.717) is 12.4 Å². The minimum Gasteiger partial charge on any atom is -0.493 e. The van der Waals surface area contributed by atoms with Crippen LogP contribution in [0.15, 0.2) is 30.3 Å². The van der Waals surface area contributed by atoms with Gasteiger partial charge in [0.2, 0.25) is 0 Å². The third kappa shape index (κ3) is 3.22. The molecule has 100 valence electrons. The molecule has 1 aromatic carbocycles. The molecule has 0 saturated heterocycles. The average Bonchev–Trinajstić information content (AvgIpc) is 2.39. The Morgan fingerprint density at radius 2 is 1.95 bits per heavy atom. The van der Waals surface area contributed by atoms with Crippen LogP contribution in [0.5, 0.6) is 5.75 Å². The van der Waals surface area contributed by atoms with Gasteiger partial charge in [-0.25, -0.2) is 9.97 Å². The molecule has 0 aliphatic carbocycles. The number of para-hydroxylation sites is 1. The quantitative estimate of drug-likeness (QED) is 0.894. The maximum absolute atomic E-state index is 5.86. The Balaban J connectivity index is 2.46. The number of nitrogens with two attached hydrogens (primary N) is 1. The van der Waals surface area contributed by atoms with Gasteiger partial charge in [0.05, 0.1) is 12.3 Å². The summed E-state index contributed by atoms with van der Waals surface area (Å²) < 4.78 is 5.63. The van der Waals surface area contributed by atoms with Crippen LogP contribution in [0.2, 0.25) is 0 Å². The molecule has 0 radical (unpaired) electrons. The molecule has 1 aromatic heterocycles. The minimum atomic E-state index is 0.500. The highest BCUT2D eigenvalue weighted by Crippen LogP contribution is 2.29. The molecule has 1 heterocycles. The number of benzene rings is 1. The van der Waals surface area contributed by atoms with Gasteiger partial charge in [-0.2, -0.15) is 0 Å². The molecule has 0 amide bonds. The standard InChI is InChI=1S/C15H19N3O/c1-3-7-15-17-12(10-14(16)18-15)11-8-5-6-9-13(11)19-4-2/h5-6,8-10H,3-4,7H2,1-2H3,(H2,16,17,18). The number of aryl methyl sites for hydroxylation is 1. The van der Waals surface area contributed by atoms with Gasteiger partial charge in [-0.15, -0.1) is 0 Å². The number of anilines is 1. The Labute approximate surface area is 113 Å². The summed E-state index contributed by atoms with van der Waals surface area (Å²) in [4.78, 5) is 8.82. The Kier molecular flexibility index (Phi) is 4.34. The van der Waals surface area contributed by atoms with Gasteiger partial charge in [-0.3, -0.25) is 0 Å². The number of ether oxygens (including phenoxy) is 1. The molecule has 19 heavy (non-hydrogen) atoms. The first-order valence-corrected chi connectivity index (χ1v) is 6.60. The van der Waals surface area contributed by atoms with E-state index < -0.39 is 0 Å². The van der Waals surface area contributed by atoms with E-state index in [1.165, 1.54) is 0 Å². The van der Waals surface area contributed by atoms with Crippen LogP contribution in [0.3, 0.4) is 0 Å². The van der Waals surface area contributed by atoms with Crippen LogP contribution in [-0.4, -0.2) is 16.6 Å². The number of rotatable bonds is 5. The molecule has 0 saturated carbocycles. The van der Waals surface area contributed by atoms with Crippen molar-refractivity contribution in [3.63, 3.8) is 0 Å². The number of hydrogen-bond acceptors (Lipinski definition) is 4. The lowest BCUT2D eigenvalue weighted by Crippen LogP contribution is -2.02. The second kappa shape index (κ2) is 6.18. The molecule has 2 N–H and O–H groups in total. The summed E-state index contributed by atoms with van der Waals surface area (Å²) in [6, 6.07) is 9.64. The number of aromatic nitrogens is 2. The van der Waals surface area contributed by atoms with E-state index in [0.717, 1.165) is 35.7 Å². The van der Waals surface area contributed by atoms with Crippen LogP contribution in [0, 0.1) is 0 Å². The van der Waals surface area contributed by atoms with E-state index in [1.54, 1.807) is 6.07 Å². The van der Waals surface area contributed by atoms with Crippen molar-refractivity contribution in [1.82, 2.24) is 9.97 Å². The summed E-state index contributed by atoms with van der Waals surface area (Å²) in [5, 5.41) is 0. The highest BCUT2D eigenvalue weighted by molar-refractivity contribution is 5.68. The van der Waals surface area contributed by atoms with Crippen LogP contribution < -0.4 is 10.5 Å². The summed E-state index contributed by atoms with van der Waals surface area (Å²) in [7, 11) is 0. The van der Waals surface area contributed by atoms with E-state index in [9.17, 15) is 0 Å². The topological polar surface area (TPSA) is 61.0 Å². The van der Waals surface area contributed by atoms with Gasteiger partial charge in [0.1, 0.15) is 17.4 Å². The number of nitrogen functional groups attached to an aromatic ring is 1. The monoisotopic (exact) mass is 257 g/mol. The van der Waals surface area contributed by atoms with Crippen molar-refractivity contribution in [2.45, 2.75) is 26.7 Å². The third-order valence-corrected chi connectivity index (χ3v) is 2.73. The van der Waals surface area contributed by atoms with E-state index in [4.69, 9.17) is 10.5 Å². The minimum absolute atomic E-state index is 0.500. The lowest BCUT2D eigenvalue weighted by atomic mass is 10.1. The van der Waals surface area contributed by atoms with Crippen molar-refractivity contribution in [2.75, 3.05) is 12.3 Å². The van der Waals surface area contributed by atoms with Crippen LogP contribution in [-0.2, 0) is 6.42 Å². The van der Waals surface area contributed by atoms with Crippen molar-refractivity contribution in [1.29, 1.82) is 0 Å². The van der Waals surface area contributed by atoms with E-state index in [1.807, 2.05) is 31.2 Å². The molecule has 0 aliphatic rings. The fraction of sp³-hybridized carbons (Fsp3) is 0.333. The lowest BCUT2D eigenvalue weighted by molar-refractivity contribution is 0.341. The molecule has 0 unspecified atom stereocenters. The van der Waals surface area contributed by atoms with Crippen molar-refractivity contribution in [2.24, 2.45) is 0 Å². The molecule has 0 fully saturated rings. The Morgan fingerprint density at radius 1 is 1.16 bits per heavy atom. The van der Waals surface area contributed by atoms with Crippen molar-refractivity contribution >= 4 is 5.82 Å². The summed E-state index contributed by atoms with van der Waals surface area (Å²) >= 11 is 0. The maximum Gasteiger partial charge on any atom is 0.131 e. The molecular formula is C15H19N3O. The molecule has 4 nitrogen and oxygen atoms in total. The second-order valence-corrected chi connectivity index (χ2v) is 4.27. The molecule has 0 atom stereocenters. The Morgan fingerprint density at radius 3 is 2.68 bits per heavy atom. The zero-order valence-corrected chi connectivity index (χ0v) is 11.4. The Hall–Kier alpha value is -2.10. The molecule has 2 rings (SSSR count). The van der Waals surface area contributed by atoms with Crippen LogP contribution in [0.4, 0.5) is 5.82 Å². The Bertz CT molecular complexity index is 555. The summed E-state index contributed by atoms with van der Waals surface area (Å²) in [6.07, 6.45) is 1.82. The van der Waals surface area contributed by atoms with E-state index in [2.05, 4.69) is 16.9 Å². The van der Waals surface area contributed by atoms with E-state index in [-0.39, 0.29) is 0 Å². The van der Waals surface area contributed by atoms with Crippen molar-refractivity contribution in [3.05, 3.63) is 36.2 Å². The van der Waals surface area contributed by atoms with E-state index >= 15 is 0 Å². The molecule has 4 heteroatoms. The first-order chi connectivity index (χ1) is 9.24. The lowest BCUT2D eigenvalue weighted by Gasteiger charge is -2.10. The highest BCUT2D eigenvalue weighted by atomic mass is 16.5. The number of hydrogen-bond donors (Lipinski definition) is 1. The first kappa shape index (κ1) is 13.3. The molecule has 0 bridgehead atoms. The largest absolute Gasteiger partial charge is 0.493 e. The maximum atomic E-state index is 5.86. The van der Waals surface area contributed by atoms with Gasteiger partial charge in [-0.05, 0) is 25.5 Å². The fourth-order valence-corrected chi connectivity index (χ4v) is 1.95. The predicted octanol–water partition coefficient (Wildman–Crippen LogP) is 3.08. The second-order valence-electron chi connectivity index (χ2n) is 4.27. The highest BCUT2D eigenvalue weighted by Gasteiger charge is 2.09. The van der Waals surface area contributed by atoms with Crippen LogP contribution in [0.1, 0.15) is 26.1 Å². The van der Waals surface area contributed by atoms with Gasteiger partial charge in [0.25, 0.3) is 0 Å². The summed E-state index contributed by atoms with van der Waals surface area (Å²) in [6.45, 7) is 4.69. The fourth-order valence-electron chi connectivity index (χ4n) is 1.95. The average molecular weight is 257 g/mol. The van der Waals surface area contributed by atoms with Crippen molar-refractivity contribution < 1.29 is 4.74 Å². The van der Waals surface area contributed by atoms with Crippen LogP contribution >= 0.6 is 0 Å². The SMILES string of the molecule is CCCc1nc(N)cc(-c2ccccc2OCC)n1. The predicted molar refractivity (Wildman–Crippen MR) is 77.0 cm³/mol. The molecule has 2 aromatic rings. The van der Waals surface area contributed by atoms with Gasteiger partial charge < -0.3 is 10.5 Å². The normalized spacial score (nSPS) is 10.4. The molecule has 0 spiro atoms. The zero-order chi connectivity index (χ0) is 13.7. The smallest absolute Gasteiger partial charge is 0.131 e. The summed E-state index contributed by atoms with van der Waals surface area (Å²) in [5.74, 6) is 2.11. The zero-order valence-electron chi connectivity index (χ0n) is 11.4. The van der Waals surface area contributed by atoms with Gasteiger partial charge in [-0.1, -0.05) is 19.1 Å². The summed E-state index contributed by atoms with van der Waals surface area (Å²) in [5.41, 5.74) is 7.63. The number of nitrogens with zero attached hydrogens (tertiary/aromatic N) is 2. The van der Waals surface area contributed by atoms with Gasteiger partial charge in [0, 0.05) is 18.1 Å². The van der Waals surface area contributed by atoms with Crippen LogP contribution in [0.25, 0.3) is 11.3 Å². The molecular weight excluding hydrogens is 238 g/mol. The van der Waals surface area contributed by atoms with Crippen molar-refractivity contribution in [3.8, 4) is 17.0 Å².